The van der Waals surface area contributed by atoms with Crippen molar-refractivity contribution in [2.45, 2.75) is 26.2 Å². The van der Waals surface area contributed by atoms with Crippen LogP contribution in [0.15, 0.2) is 48.5 Å². The molecule has 2 amide bonds. The number of hydrogen-bond donors (Lipinski definition) is 1. The van der Waals surface area contributed by atoms with Crippen LogP contribution in [0.2, 0.25) is 0 Å². The highest BCUT2D eigenvalue weighted by molar-refractivity contribution is 5.90. The molecule has 1 atom stereocenters. The van der Waals surface area contributed by atoms with Crippen molar-refractivity contribution in [3.63, 3.8) is 0 Å². The topological polar surface area (TPSA) is 77.1 Å². The van der Waals surface area contributed by atoms with Crippen LogP contribution in [0, 0.1) is 5.92 Å². The number of likely N-dealkylation sites (tertiary alicyclic amines) is 1. The van der Waals surface area contributed by atoms with Gasteiger partial charge in [0, 0.05) is 19.6 Å². The molecule has 0 radical (unpaired) electrons. The van der Waals surface area contributed by atoms with Crippen LogP contribution < -0.4 is 19.5 Å². The third-order valence-corrected chi connectivity index (χ3v) is 6.72. The zero-order chi connectivity index (χ0) is 25.7. The van der Waals surface area contributed by atoms with Gasteiger partial charge in [-0.15, -0.1) is 0 Å². The molecule has 1 aliphatic rings. The normalized spacial score (nSPS) is 15.1. The van der Waals surface area contributed by atoms with E-state index in [1.807, 2.05) is 36.1 Å². The fourth-order valence-electron chi connectivity index (χ4n) is 4.71. The molecule has 0 aliphatic carbocycles. The summed E-state index contributed by atoms with van der Waals surface area (Å²) in [6, 6.07) is 16.2. The number of benzene rings is 3. The van der Waals surface area contributed by atoms with E-state index >= 15 is 0 Å². The SMILES string of the molecule is CCCNC(=O)C1CCN(C(=O)Cc2ccc3cc(-c4cc(OC)c(OC)c(OC)c4)ccc3c2)C1. The van der Waals surface area contributed by atoms with E-state index in [4.69, 9.17) is 14.2 Å². The van der Waals surface area contributed by atoms with E-state index in [0.29, 0.717) is 43.3 Å². The van der Waals surface area contributed by atoms with Gasteiger partial charge >= 0.3 is 0 Å². The first-order chi connectivity index (χ1) is 17.5. The van der Waals surface area contributed by atoms with Crippen molar-refractivity contribution in [3.8, 4) is 28.4 Å². The summed E-state index contributed by atoms with van der Waals surface area (Å²) in [4.78, 5) is 27.0. The second-order valence-electron chi connectivity index (χ2n) is 9.10. The second-order valence-corrected chi connectivity index (χ2v) is 9.10. The average Bonchev–Trinajstić information content (AvgIpc) is 3.41. The number of ether oxygens (including phenoxy) is 3. The van der Waals surface area contributed by atoms with Gasteiger partial charge < -0.3 is 24.4 Å². The highest BCUT2D eigenvalue weighted by Crippen LogP contribution is 2.41. The molecule has 1 fully saturated rings. The van der Waals surface area contributed by atoms with E-state index in [1.54, 1.807) is 21.3 Å². The Morgan fingerprint density at radius 2 is 1.61 bits per heavy atom. The summed E-state index contributed by atoms with van der Waals surface area (Å²) in [5.41, 5.74) is 2.94. The van der Waals surface area contributed by atoms with Gasteiger partial charge in [-0.1, -0.05) is 37.3 Å². The summed E-state index contributed by atoms with van der Waals surface area (Å²) < 4.78 is 16.4. The Morgan fingerprint density at radius 1 is 0.917 bits per heavy atom. The second kappa shape index (κ2) is 11.3. The highest BCUT2D eigenvalue weighted by Gasteiger charge is 2.30. The fourth-order valence-corrected chi connectivity index (χ4v) is 4.71. The van der Waals surface area contributed by atoms with E-state index < -0.39 is 0 Å². The largest absolute Gasteiger partial charge is 0.493 e. The number of carbonyl (C=O) groups excluding carboxylic acids is 2. The Kier molecular flexibility index (Phi) is 7.98. The van der Waals surface area contributed by atoms with E-state index in [-0.39, 0.29) is 17.7 Å². The Balaban J connectivity index is 1.48. The van der Waals surface area contributed by atoms with Gasteiger partial charge in [-0.2, -0.15) is 0 Å². The predicted molar refractivity (Wildman–Crippen MR) is 141 cm³/mol. The van der Waals surface area contributed by atoms with Gasteiger partial charge in [0.25, 0.3) is 0 Å². The number of hydrogen-bond acceptors (Lipinski definition) is 5. The van der Waals surface area contributed by atoms with Crippen LogP contribution >= 0.6 is 0 Å². The number of nitrogens with zero attached hydrogens (tertiary/aromatic N) is 1. The van der Waals surface area contributed by atoms with Crippen molar-refractivity contribution in [3.05, 3.63) is 54.1 Å². The Labute approximate surface area is 212 Å². The molecule has 0 bridgehead atoms. The lowest BCUT2D eigenvalue weighted by Crippen LogP contribution is -2.35. The Bertz CT molecular complexity index is 1230. The zero-order valence-electron chi connectivity index (χ0n) is 21.4. The van der Waals surface area contributed by atoms with Crippen LogP contribution in [0.25, 0.3) is 21.9 Å². The summed E-state index contributed by atoms with van der Waals surface area (Å²) in [6.45, 7) is 3.85. The van der Waals surface area contributed by atoms with Crippen molar-refractivity contribution in [2.75, 3.05) is 41.0 Å². The zero-order valence-corrected chi connectivity index (χ0v) is 21.4. The molecule has 0 aromatic heterocycles. The number of methoxy groups -OCH3 is 3. The Morgan fingerprint density at radius 3 is 2.28 bits per heavy atom. The maximum Gasteiger partial charge on any atom is 0.227 e. The molecule has 0 saturated carbocycles. The molecular weight excluding hydrogens is 456 g/mol. The molecule has 7 nitrogen and oxygen atoms in total. The molecule has 1 N–H and O–H groups in total. The molecule has 190 valence electrons. The van der Waals surface area contributed by atoms with Crippen molar-refractivity contribution in [1.82, 2.24) is 10.2 Å². The van der Waals surface area contributed by atoms with Gasteiger partial charge in [0.2, 0.25) is 17.6 Å². The maximum absolute atomic E-state index is 12.9. The van der Waals surface area contributed by atoms with Gasteiger partial charge in [0.1, 0.15) is 0 Å². The van der Waals surface area contributed by atoms with Crippen molar-refractivity contribution in [2.24, 2.45) is 5.92 Å². The maximum atomic E-state index is 12.9. The summed E-state index contributed by atoms with van der Waals surface area (Å²) in [7, 11) is 4.80. The molecule has 1 saturated heterocycles. The lowest BCUT2D eigenvalue weighted by molar-refractivity contribution is -0.130. The van der Waals surface area contributed by atoms with Gasteiger partial charge in [-0.3, -0.25) is 9.59 Å². The first-order valence-corrected chi connectivity index (χ1v) is 12.4. The summed E-state index contributed by atoms with van der Waals surface area (Å²) in [5, 5.41) is 5.08. The minimum absolute atomic E-state index is 0.0563. The van der Waals surface area contributed by atoms with E-state index in [1.165, 1.54) is 0 Å². The first kappa shape index (κ1) is 25.4. The van der Waals surface area contributed by atoms with Crippen LogP contribution in [0.5, 0.6) is 17.2 Å². The molecular formula is C29H34N2O5. The molecule has 3 aromatic rings. The van der Waals surface area contributed by atoms with Gasteiger partial charge in [0.15, 0.2) is 11.5 Å². The monoisotopic (exact) mass is 490 g/mol. The smallest absolute Gasteiger partial charge is 0.227 e. The van der Waals surface area contributed by atoms with Crippen LogP contribution in [-0.2, 0) is 16.0 Å². The minimum Gasteiger partial charge on any atom is -0.493 e. The van der Waals surface area contributed by atoms with Crippen LogP contribution in [0.3, 0.4) is 0 Å². The molecule has 36 heavy (non-hydrogen) atoms. The first-order valence-electron chi connectivity index (χ1n) is 12.4. The van der Waals surface area contributed by atoms with Crippen molar-refractivity contribution < 1.29 is 23.8 Å². The molecule has 3 aromatic carbocycles. The number of carbonyl (C=O) groups is 2. The predicted octanol–water partition coefficient (Wildman–Crippen LogP) is 4.45. The van der Waals surface area contributed by atoms with Gasteiger partial charge in [-0.25, -0.2) is 0 Å². The standard InChI is InChI=1S/C29H34N2O5/c1-5-11-30-29(33)23-10-12-31(18-23)27(32)14-19-6-7-21-15-22(9-8-20(21)13-19)24-16-25(34-2)28(36-4)26(17-24)35-3/h6-9,13,15-17,23H,5,10-12,14,18H2,1-4H3,(H,30,33). The van der Waals surface area contributed by atoms with Crippen LogP contribution in [0.4, 0.5) is 0 Å². The molecule has 7 heteroatoms. The lowest BCUT2D eigenvalue weighted by atomic mass is 9.98. The lowest BCUT2D eigenvalue weighted by Gasteiger charge is -2.17. The number of nitrogens with one attached hydrogen (secondary N) is 1. The van der Waals surface area contributed by atoms with Gasteiger partial charge in [-0.05, 0) is 58.5 Å². The Hall–Kier alpha value is -3.74. The molecule has 0 spiro atoms. The molecule has 1 heterocycles. The van der Waals surface area contributed by atoms with Gasteiger partial charge in [0.05, 0.1) is 33.7 Å². The number of fused-ring (bicyclic) bond motifs is 1. The number of rotatable bonds is 9. The summed E-state index contributed by atoms with van der Waals surface area (Å²) >= 11 is 0. The van der Waals surface area contributed by atoms with Crippen LogP contribution in [0.1, 0.15) is 25.3 Å². The minimum atomic E-state index is -0.106. The third-order valence-electron chi connectivity index (χ3n) is 6.72. The summed E-state index contributed by atoms with van der Waals surface area (Å²) in [6.07, 6.45) is 1.96. The number of amides is 2. The fraction of sp³-hybridized carbons (Fsp3) is 0.379. The summed E-state index contributed by atoms with van der Waals surface area (Å²) in [5.74, 6) is 1.78. The average molecular weight is 491 g/mol. The quantitative estimate of drug-likeness (QED) is 0.480. The van der Waals surface area contributed by atoms with E-state index in [0.717, 1.165) is 40.3 Å². The van der Waals surface area contributed by atoms with Crippen molar-refractivity contribution in [1.29, 1.82) is 0 Å². The van der Waals surface area contributed by atoms with E-state index in [9.17, 15) is 9.59 Å². The van der Waals surface area contributed by atoms with E-state index in [2.05, 4.69) is 29.6 Å². The third kappa shape index (κ3) is 5.40. The molecule has 1 unspecified atom stereocenters. The molecule has 4 rings (SSSR count). The van der Waals surface area contributed by atoms with Crippen molar-refractivity contribution >= 4 is 22.6 Å². The van der Waals surface area contributed by atoms with Crippen LogP contribution in [-0.4, -0.2) is 57.7 Å². The highest BCUT2D eigenvalue weighted by atomic mass is 16.5. The molecule has 1 aliphatic heterocycles.